The van der Waals surface area contributed by atoms with E-state index in [1.54, 1.807) is 18.9 Å². The molecule has 0 atom stereocenters. The minimum absolute atomic E-state index is 0.116. The summed E-state index contributed by atoms with van der Waals surface area (Å²) in [4.78, 5) is 26.5. The zero-order valence-electron chi connectivity index (χ0n) is 22.6. The monoisotopic (exact) mass is 494 g/mol. The maximum Gasteiger partial charge on any atom is 0.333 e. The molecular formula is C30H42N2O4. The van der Waals surface area contributed by atoms with Crippen LogP contribution in [0.2, 0.25) is 0 Å². The Morgan fingerprint density at radius 1 is 0.972 bits per heavy atom. The van der Waals surface area contributed by atoms with Gasteiger partial charge in [0.2, 0.25) is 0 Å². The van der Waals surface area contributed by atoms with Gasteiger partial charge in [-0.05, 0) is 61.6 Å². The van der Waals surface area contributed by atoms with Gasteiger partial charge in [0.15, 0.2) is 0 Å². The van der Waals surface area contributed by atoms with Crippen molar-refractivity contribution < 1.29 is 19.1 Å². The van der Waals surface area contributed by atoms with E-state index in [9.17, 15) is 9.59 Å². The van der Waals surface area contributed by atoms with Crippen LogP contribution in [0, 0.1) is 0 Å². The lowest BCUT2D eigenvalue weighted by Gasteiger charge is -2.20. The summed E-state index contributed by atoms with van der Waals surface area (Å²) in [5.41, 5.74) is 4.21. The van der Waals surface area contributed by atoms with Crippen molar-refractivity contribution in [1.29, 1.82) is 0 Å². The van der Waals surface area contributed by atoms with Gasteiger partial charge in [-0.3, -0.25) is 4.90 Å². The minimum atomic E-state index is -0.291. The maximum atomic E-state index is 12.6. The average Bonchev–Trinajstić information content (AvgIpc) is 2.89. The van der Waals surface area contributed by atoms with Crippen LogP contribution in [-0.2, 0) is 9.53 Å². The van der Waals surface area contributed by atoms with Crippen molar-refractivity contribution in [2.24, 2.45) is 0 Å². The molecule has 6 nitrogen and oxygen atoms in total. The highest BCUT2D eigenvalue weighted by Crippen LogP contribution is 2.34. The fraction of sp³-hybridized carbons (Fsp3) is 0.467. The summed E-state index contributed by atoms with van der Waals surface area (Å²) >= 11 is 0. The van der Waals surface area contributed by atoms with Crippen molar-refractivity contribution in [2.45, 2.75) is 66.2 Å². The quantitative estimate of drug-likeness (QED) is 0.171. The van der Waals surface area contributed by atoms with Gasteiger partial charge in [-0.15, -0.1) is 0 Å². The lowest BCUT2D eigenvalue weighted by Crippen LogP contribution is -2.37. The number of anilines is 1. The van der Waals surface area contributed by atoms with Crippen LogP contribution in [0.25, 0.3) is 17.2 Å². The second-order valence-corrected chi connectivity index (χ2v) is 8.75. The molecule has 0 bridgehead atoms. The molecule has 0 saturated heterocycles. The van der Waals surface area contributed by atoms with Crippen LogP contribution >= 0.6 is 0 Å². The van der Waals surface area contributed by atoms with Crippen LogP contribution in [0.4, 0.5) is 10.5 Å². The Morgan fingerprint density at radius 3 is 2.44 bits per heavy atom. The molecule has 2 amide bonds. The molecule has 2 aromatic carbocycles. The molecule has 0 aromatic heterocycles. The van der Waals surface area contributed by atoms with E-state index in [0.29, 0.717) is 31.8 Å². The Bertz CT molecular complexity index is 1020. The van der Waals surface area contributed by atoms with Crippen molar-refractivity contribution in [2.75, 3.05) is 31.7 Å². The topological polar surface area (TPSA) is 67.9 Å². The van der Waals surface area contributed by atoms with Gasteiger partial charge in [-0.2, -0.15) is 0 Å². The Balaban J connectivity index is 2.35. The normalized spacial score (nSPS) is 11.2. The number of amides is 2. The van der Waals surface area contributed by atoms with Gasteiger partial charge in [-0.1, -0.05) is 64.3 Å². The fourth-order valence-electron chi connectivity index (χ4n) is 3.73. The van der Waals surface area contributed by atoms with E-state index in [2.05, 4.69) is 19.2 Å². The summed E-state index contributed by atoms with van der Waals surface area (Å²) in [6, 6.07) is 13.7. The third-order valence-corrected chi connectivity index (χ3v) is 5.93. The molecule has 0 radical (unpaired) electrons. The number of nitrogens with one attached hydrogen (secondary N) is 1. The lowest BCUT2D eigenvalue weighted by atomic mass is 10.0. The first kappa shape index (κ1) is 29.0. The molecule has 2 rings (SSSR count). The van der Waals surface area contributed by atoms with E-state index in [1.807, 2.05) is 55.5 Å². The zero-order valence-corrected chi connectivity index (χ0v) is 22.6. The van der Waals surface area contributed by atoms with E-state index >= 15 is 0 Å². The Labute approximate surface area is 216 Å². The van der Waals surface area contributed by atoms with Crippen LogP contribution in [0.1, 0.15) is 71.8 Å². The van der Waals surface area contributed by atoms with Crippen LogP contribution in [0.3, 0.4) is 0 Å². The molecule has 0 saturated carbocycles. The van der Waals surface area contributed by atoms with Crippen molar-refractivity contribution >= 4 is 23.8 Å². The molecule has 0 spiro atoms. The van der Waals surface area contributed by atoms with E-state index < -0.39 is 0 Å². The number of hydrogen-bond acceptors (Lipinski definition) is 4. The number of carbonyl (C=O) groups excluding carboxylic acids is 2. The smallest absolute Gasteiger partial charge is 0.333 e. The fourth-order valence-corrected chi connectivity index (χ4v) is 3.73. The lowest BCUT2D eigenvalue weighted by molar-refractivity contribution is -0.138. The minimum Gasteiger partial charge on any atom is -0.493 e. The second-order valence-electron chi connectivity index (χ2n) is 8.75. The van der Waals surface area contributed by atoms with Crippen molar-refractivity contribution in [1.82, 2.24) is 5.32 Å². The summed E-state index contributed by atoms with van der Waals surface area (Å²) in [5.74, 6) is 0.460. The Morgan fingerprint density at radius 2 is 1.75 bits per heavy atom. The molecule has 0 aliphatic heterocycles. The first-order valence-corrected chi connectivity index (χ1v) is 13.2. The molecule has 2 aromatic rings. The highest BCUT2D eigenvalue weighted by atomic mass is 16.5. The molecule has 6 heteroatoms. The Hall–Kier alpha value is -3.28. The van der Waals surface area contributed by atoms with Gasteiger partial charge in [0.05, 0.1) is 13.2 Å². The van der Waals surface area contributed by atoms with Crippen molar-refractivity contribution in [3.8, 4) is 16.9 Å². The maximum absolute atomic E-state index is 12.6. The molecular weight excluding hydrogens is 452 g/mol. The molecule has 0 unspecified atom stereocenters. The largest absolute Gasteiger partial charge is 0.493 e. The first-order chi connectivity index (χ1) is 17.4. The number of carbonyl (C=O) groups is 2. The summed E-state index contributed by atoms with van der Waals surface area (Å²) in [7, 11) is 1.78. The van der Waals surface area contributed by atoms with Crippen molar-refractivity contribution in [3.63, 3.8) is 0 Å². The van der Waals surface area contributed by atoms with Gasteiger partial charge in [-0.25, -0.2) is 9.59 Å². The summed E-state index contributed by atoms with van der Waals surface area (Å²) < 4.78 is 11.4. The predicted octanol–water partition coefficient (Wildman–Crippen LogP) is 7.23. The van der Waals surface area contributed by atoms with Crippen molar-refractivity contribution in [3.05, 3.63) is 53.6 Å². The number of esters is 1. The molecule has 36 heavy (non-hydrogen) atoms. The van der Waals surface area contributed by atoms with Gasteiger partial charge in [0, 0.05) is 30.4 Å². The average molecular weight is 495 g/mol. The van der Waals surface area contributed by atoms with Crippen LogP contribution in [-0.4, -0.2) is 38.8 Å². The third kappa shape index (κ3) is 8.74. The van der Waals surface area contributed by atoms with E-state index in [-0.39, 0.29) is 12.0 Å². The molecule has 0 heterocycles. The van der Waals surface area contributed by atoms with E-state index in [4.69, 9.17) is 9.47 Å². The number of unbranched alkanes of at least 4 members (excludes halogenated alkanes) is 3. The predicted molar refractivity (Wildman–Crippen MR) is 149 cm³/mol. The number of urea groups is 1. The highest BCUT2D eigenvalue weighted by Gasteiger charge is 2.14. The number of benzene rings is 2. The van der Waals surface area contributed by atoms with E-state index in [1.165, 1.54) is 0 Å². The molecule has 0 aliphatic rings. The second kappa shape index (κ2) is 15.7. The molecule has 196 valence electrons. The zero-order chi connectivity index (χ0) is 26.3. The third-order valence-electron chi connectivity index (χ3n) is 5.93. The number of ether oxygens (including phenoxy) is 2. The highest BCUT2D eigenvalue weighted by molar-refractivity contribution is 5.94. The van der Waals surface area contributed by atoms with Gasteiger partial charge in [0.1, 0.15) is 5.75 Å². The van der Waals surface area contributed by atoms with Gasteiger partial charge < -0.3 is 14.8 Å². The van der Waals surface area contributed by atoms with Crippen LogP contribution < -0.4 is 15.0 Å². The Kier molecular flexibility index (Phi) is 12.6. The molecule has 0 fully saturated rings. The summed E-state index contributed by atoms with van der Waals surface area (Å²) in [5, 5.41) is 2.99. The van der Waals surface area contributed by atoms with Gasteiger partial charge >= 0.3 is 12.0 Å². The van der Waals surface area contributed by atoms with Crippen LogP contribution in [0.5, 0.6) is 5.75 Å². The first-order valence-electron chi connectivity index (χ1n) is 13.2. The molecule has 1 N–H and O–H groups in total. The number of hydrogen-bond donors (Lipinski definition) is 1. The SMILES string of the molecule is CCCCCNC(=O)N(C)c1cccc(-c2ccc(/C=C(\CC)C(=O)OCC)cc2OCCCC)c1. The summed E-state index contributed by atoms with van der Waals surface area (Å²) in [6.45, 7) is 9.65. The van der Waals surface area contributed by atoms with Crippen LogP contribution in [0.15, 0.2) is 48.0 Å². The molecule has 0 aliphatic carbocycles. The van der Waals surface area contributed by atoms with Gasteiger partial charge in [0.25, 0.3) is 0 Å². The summed E-state index contributed by atoms with van der Waals surface area (Å²) in [6.07, 6.45) is 7.63. The number of nitrogens with zero attached hydrogens (tertiary/aromatic N) is 1. The standard InChI is InChI=1S/C30H42N2O4/c1-6-10-12-18-31-30(34)32(5)26-15-13-14-25(22-26)27-17-16-23(21-28(27)36-19-11-7-2)20-24(8-3)29(33)35-9-4/h13-17,20-22H,6-12,18-19H2,1-5H3,(H,31,34)/b24-20+. The number of rotatable bonds is 14. The van der Waals surface area contributed by atoms with E-state index in [0.717, 1.165) is 60.2 Å².